The molecule has 3 amide bonds. The van der Waals surface area contributed by atoms with Gasteiger partial charge in [0.2, 0.25) is 30.0 Å². The third kappa shape index (κ3) is 9.75. The van der Waals surface area contributed by atoms with Gasteiger partial charge in [0.25, 0.3) is 0 Å². The minimum absolute atomic E-state index is 0.0464. The number of carbonyl (C=O) groups excluding carboxylic acids is 4. The SMILES string of the molecule is CSCCC(NC=O)C(=O)NC(CC(C)C)C(=O)NC(CCSC)C(=O)On1c(O)ccc1O. The van der Waals surface area contributed by atoms with Crippen LogP contribution < -0.4 is 20.8 Å². The third-order valence-corrected chi connectivity index (χ3v) is 6.01. The molecular weight excluding hydrogens is 484 g/mol. The standard InChI is InChI=1S/C21H34N4O7S2/c1-13(2)11-16(24-19(29)14(22-12-26)7-9-33-3)20(30)23-15(8-10-34-4)21(31)32-25-17(27)5-6-18(25)28/h5-6,12-16,27-28H,7-11H2,1-4H3,(H,22,26)(H,23,30)(H,24,29). The van der Waals surface area contributed by atoms with Crippen molar-refractivity contribution in [1.29, 1.82) is 0 Å². The molecule has 11 nitrogen and oxygen atoms in total. The highest BCUT2D eigenvalue weighted by Crippen LogP contribution is 2.19. The quantitative estimate of drug-likeness (QED) is 0.196. The molecule has 0 aliphatic carbocycles. The fourth-order valence-electron chi connectivity index (χ4n) is 2.99. The van der Waals surface area contributed by atoms with Gasteiger partial charge in [-0.2, -0.15) is 23.5 Å². The highest BCUT2D eigenvalue weighted by atomic mass is 32.2. The Kier molecular flexibility index (Phi) is 13.3. The lowest BCUT2D eigenvalue weighted by Gasteiger charge is -2.25. The molecule has 5 N–H and O–H groups in total. The number of amides is 3. The van der Waals surface area contributed by atoms with Crippen molar-refractivity contribution in [3.05, 3.63) is 12.1 Å². The number of hydrogen-bond donors (Lipinski definition) is 5. The fraction of sp³-hybridized carbons (Fsp3) is 0.619. The number of aromatic hydroxyl groups is 2. The van der Waals surface area contributed by atoms with Gasteiger partial charge in [-0.05, 0) is 49.2 Å². The molecule has 192 valence electrons. The van der Waals surface area contributed by atoms with E-state index in [1.165, 1.54) is 23.5 Å². The van der Waals surface area contributed by atoms with Gasteiger partial charge in [0, 0.05) is 12.1 Å². The minimum atomic E-state index is -1.09. The van der Waals surface area contributed by atoms with Crippen LogP contribution in [0.1, 0.15) is 33.1 Å². The van der Waals surface area contributed by atoms with Gasteiger partial charge >= 0.3 is 5.97 Å². The van der Waals surface area contributed by atoms with E-state index in [1.807, 2.05) is 26.4 Å². The van der Waals surface area contributed by atoms with E-state index < -0.39 is 47.7 Å². The van der Waals surface area contributed by atoms with Crippen LogP contribution in [0.15, 0.2) is 12.1 Å². The van der Waals surface area contributed by atoms with Crippen LogP contribution in [0.4, 0.5) is 0 Å². The molecule has 0 aliphatic heterocycles. The normalized spacial score (nSPS) is 13.6. The predicted molar refractivity (Wildman–Crippen MR) is 132 cm³/mol. The summed E-state index contributed by atoms with van der Waals surface area (Å²) in [6.45, 7) is 3.77. The molecule has 0 fully saturated rings. The zero-order valence-electron chi connectivity index (χ0n) is 19.8. The first-order valence-electron chi connectivity index (χ1n) is 10.7. The minimum Gasteiger partial charge on any atom is -0.492 e. The number of carbonyl (C=O) groups is 4. The fourth-order valence-corrected chi connectivity index (χ4v) is 3.93. The maximum Gasteiger partial charge on any atom is 0.355 e. The van der Waals surface area contributed by atoms with Crippen LogP contribution in [0.5, 0.6) is 11.8 Å². The summed E-state index contributed by atoms with van der Waals surface area (Å²) in [5, 5.41) is 27.2. The van der Waals surface area contributed by atoms with Crippen molar-refractivity contribution in [1.82, 2.24) is 20.7 Å². The summed E-state index contributed by atoms with van der Waals surface area (Å²) in [4.78, 5) is 54.5. The first-order valence-corrected chi connectivity index (χ1v) is 13.5. The average Bonchev–Trinajstić information content (AvgIpc) is 3.10. The number of hydrogen-bond acceptors (Lipinski definition) is 9. The lowest BCUT2D eigenvalue weighted by molar-refractivity contribution is -0.149. The van der Waals surface area contributed by atoms with Crippen molar-refractivity contribution >= 4 is 47.7 Å². The number of nitrogens with zero attached hydrogens (tertiary/aromatic N) is 1. The van der Waals surface area contributed by atoms with Gasteiger partial charge in [-0.1, -0.05) is 13.8 Å². The van der Waals surface area contributed by atoms with Gasteiger partial charge in [0.1, 0.15) is 18.1 Å². The van der Waals surface area contributed by atoms with E-state index in [2.05, 4.69) is 16.0 Å². The molecule has 0 aliphatic rings. The van der Waals surface area contributed by atoms with Gasteiger partial charge in [-0.25, -0.2) is 4.79 Å². The number of rotatable bonds is 16. The highest BCUT2D eigenvalue weighted by Gasteiger charge is 2.30. The highest BCUT2D eigenvalue weighted by molar-refractivity contribution is 7.98. The van der Waals surface area contributed by atoms with Crippen molar-refractivity contribution in [2.45, 2.75) is 51.2 Å². The summed E-state index contributed by atoms with van der Waals surface area (Å²) < 4.78 is 0.551. The molecule has 0 saturated heterocycles. The Morgan fingerprint density at radius 2 is 1.47 bits per heavy atom. The summed E-state index contributed by atoms with van der Waals surface area (Å²) >= 11 is 2.98. The van der Waals surface area contributed by atoms with E-state index in [0.29, 0.717) is 35.5 Å². The largest absolute Gasteiger partial charge is 0.492 e. The Bertz CT molecular complexity index is 800. The molecule has 0 spiro atoms. The number of aromatic nitrogens is 1. The molecule has 1 heterocycles. The Morgan fingerprint density at radius 1 is 0.971 bits per heavy atom. The number of nitrogens with one attached hydrogen (secondary N) is 3. The maximum absolute atomic E-state index is 13.1. The van der Waals surface area contributed by atoms with E-state index in [0.717, 1.165) is 12.1 Å². The van der Waals surface area contributed by atoms with Gasteiger partial charge in [0.15, 0.2) is 0 Å². The molecule has 1 aromatic rings. The molecule has 34 heavy (non-hydrogen) atoms. The molecule has 0 bridgehead atoms. The molecule has 1 rings (SSSR count). The molecule has 3 atom stereocenters. The summed E-state index contributed by atoms with van der Waals surface area (Å²) in [5.41, 5.74) is 0. The van der Waals surface area contributed by atoms with Crippen molar-refractivity contribution in [3.63, 3.8) is 0 Å². The van der Waals surface area contributed by atoms with Crippen LogP contribution in [0.25, 0.3) is 0 Å². The smallest absolute Gasteiger partial charge is 0.355 e. The van der Waals surface area contributed by atoms with Crippen LogP contribution >= 0.6 is 23.5 Å². The zero-order chi connectivity index (χ0) is 25.7. The summed E-state index contributed by atoms with van der Waals surface area (Å²) in [5.74, 6) is -1.72. The summed E-state index contributed by atoms with van der Waals surface area (Å²) in [6, 6.07) is -0.534. The summed E-state index contributed by atoms with van der Waals surface area (Å²) in [7, 11) is 0. The number of thioether (sulfide) groups is 2. The summed E-state index contributed by atoms with van der Waals surface area (Å²) in [6.07, 6.45) is 5.09. The van der Waals surface area contributed by atoms with Gasteiger partial charge in [-0.3, -0.25) is 14.4 Å². The van der Waals surface area contributed by atoms with E-state index >= 15 is 0 Å². The average molecular weight is 519 g/mol. The second-order valence-electron chi connectivity index (χ2n) is 7.91. The molecule has 3 unspecified atom stereocenters. The Labute approximate surface area is 207 Å². The predicted octanol–water partition coefficient (Wildman–Crippen LogP) is 0.491. The van der Waals surface area contributed by atoms with E-state index in [-0.39, 0.29) is 12.3 Å². The molecule has 13 heteroatoms. The van der Waals surface area contributed by atoms with Crippen LogP contribution in [-0.2, 0) is 19.2 Å². The topological polar surface area (TPSA) is 159 Å². The van der Waals surface area contributed by atoms with Gasteiger partial charge in [0.05, 0.1) is 0 Å². The lowest BCUT2D eigenvalue weighted by atomic mass is 10.0. The Balaban J connectivity index is 2.98. The lowest BCUT2D eigenvalue weighted by Crippen LogP contribution is -2.56. The van der Waals surface area contributed by atoms with Gasteiger partial charge in [-0.15, -0.1) is 4.73 Å². The molecule has 0 saturated carbocycles. The Morgan fingerprint density at radius 3 is 1.97 bits per heavy atom. The van der Waals surface area contributed by atoms with Crippen LogP contribution in [0, 0.1) is 5.92 Å². The van der Waals surface area contributed by atoms with E-state index in [9.17, 15) is 29.4 Å². The molecule has 0 aromatic carbocycles. The third-order valence-electron chi connectivity index (χ3n) is 4.73. The Hall–Kier alpha value is -2.54. The van der Waals surface area contributed by atoms with Crippen LogP contribution in [-0.4, -0.2) is 81.3 Å². The second kappa shape index (κ2) is 15.4. The van der Waals surface area contributed by atoms with Crippen LogP contribution in [0.2, 0.25) is 0 Å². The van der Waals surface area contributed by atoms with Crippen molar-refractivity contribution < 1.29 is 34.2 Å². The monoisotopic (exact) mass is 518 g/mol. The van der Waals surface area contributed by atoms with Crippen molar-refractivity contribution in [3.8, 4) is 11.8 Å². The first-order chi connectivity index (χ1) is 16.1. The zero-order valence-corrected chi connectivity index (χ0v) is 21.4. The first kappa shape index (κ1) is 29.5. The van der Waals surface area contributed by atoms with E-state index in [1.54, 1.807) is 0 Å². The van der Waals surface area contributed by atoms with Gasteiger partial charge < -0.3 is 31.0 Å². The maximum atomic E-state index is 13.1. The molecule has 1 aromatic heterocycles. The molecule has 0 radical (unpaired) electrons. The van der Waals surface area contributed by atoms with Crippen molar-refractivity contribution in [2.75, 3.05) is 24.0 Å². The molecular formula is C21H34N4O7S2. The second-order valence-corrected chi connectivity index (χ2v) is 9.88. The van der Waals surface area contributed by atoms with Crippen LogP contribution in [0.3, 0.4) is 0 Å². The van der Waals surface area contributed by atoms with Crippen molar-refractivity contribution in [2.24, 2.45) is 5.92 Å². The van der Waals surface area contributed by atoms with E-state index in [4.69, 9.17) is 4.84 Å².